The van der Waals surface area contributed by atoms with Crippen LogP contribution in [0.3, 0.4) is 0 Å². The molecule has 7 heteroatoms. The molecule has 1 saturated heterocycles. The van der Waals surface area contributed by atoms with Gasteiger partial charge in [-0.05, 0) is 42.7 Å². The first-order valence-electron chi connectivity index (χ1n) is 9.32. The number of amides is 1. The van der Waals surface area contributed by atoms with Crippen LogP contribution in [0.25, 0.3) is 10.2 Å². The standard InChI is InChI=1S/C21H22N2O3S2/c1-28(25,26)17-8-6-15(7-9-17)14-20(24)23-12-10-16(11-13-23)21-22-18-4-2-3-5-19(18)27-21/h2-9,16H,10-14H2,1H3. The highest BCUT2D eigenvalue weighted by atomic mass is 32.2. The SMILES string of the molecule is CS(=O)(=O)c1ccc(CC(=O)N2CCC(c3nc4ccccc4s3)CC2)cc1. The number of hydrogen-bond acceptors (Lipinski definition) is 5. The van der Waals surface area contributed by atoms with E-state index in [1.54, 1.807) is 35.6 Å². The lowest BCUT2D eigenvalue weighted by molar-refractivity contribution is -0.131. The van der Waals surface area contributed by atoms with Crippen LogP contribution in [-0.2, 0) is 21.1 Å². The number of sulfone groups is 1. The van der Waals surface area contributed by atoms with Crippen molar-refractivity contribution in [3.8, 4) is 0 Å². The van der Waals surface area contributed by atoms with E-state index in [1.807, 2.05) is 23.1 Å². The predicted molar refractivity (Wildman–Crippen MR) is 111 cm³/mol. The number of carbonyl (C=O) groups is 1. The summed E-state index contributed by atoms with van der Waals surface area (Å²) in [6.45, 7) is 1.47. The molecule has 0 N–H and O–H groups in total. The fraction of sp³-hybridized carbons (Fsp3) is 0.333. The molecule has 0 saturated carbocycles. The Balaban J connectivity index is 1.36. The molecule has 4 rings (SSSR count). The molecule has 28 heavy (non-hydrogen) atoms. The van der Waals surface area contributed by atoms with Crippen LogP contribution in [0, 0.1) is 0 Å². The van der Waals surface area contributed by atoms with Crippen LogP contribution >= 0.6 is 11.3 Å². The summed E-state index contributed by atoms with van der Waals surface area (Å²) in [5.41, 5.74) is 1.89. The molecule has 2 aromatic carbocycles. The summed E-state index contributed by atoms with van der Waals surface area (Å²) in [7, 11) is -3.21. The van der Waals surface area contributed by atoms with Crippen LogP contribution < -0.4 is 0 Å². The molecule has 1 aromatic heterocycles. The Bertz CT molecular complexity index is 1060. The lowest BCUT2D eigenvalue weighted by atomic mass is 9.97. The first kappa shape index (κ1) is 19.1. The van der Waals surface area contributed by atoms with E-state index < -0.39 is 9.84 Å². The maximum atomic E-state index is 12.6. The first-order valence-corrected chi connectivity index (χ1v) is 12.0. The monoisotopic (exact) mass is 414 g/mol. The second-order valence-electron chi connectivity index (χ2n) is 7.27. The van der Waals surface area contributed by atoms with Gasteiger partial charge < -0.3 is 4.90 Å². The fourth-order valence-electron chi connectivity index (χ4n) is 3.58. The molecule has 0 atom stereocenters. The zero-order valence-electron chi connectivity index (χ0n) is 15.7. The van der Waals surface area contributed by atoms with Gasteiger partial charge in [0.05, 0.1) is 26.5 Å². The van der Waals surface area contributed by atoms with Crippen LogP contribution in [0.5, 0.6) is 0 Å². The van der Waals surface area contributed by atoms with Gasteiger partial charge in [-0.25, -0.2) is 13.4 Å². The van der Waals surface area contributed by atoms with E-state index >= 15 is 0 Å². The van der Waals surface area contributed by atoms with E-state index in [1.165, 1.54) is 16.0 Å². The van der Waals surface area contributed by atoms with E-state index in [2.05, 4.69) is 6.07 Å². The summed E-state index contributed by atoms with van der Waals surface area (Å²) in [6, 6.07) is 14.8. The van der Waals surface area contributed by atoms with Crippen LogP contribution in [0.15, 0.2) is 53.4 Å². The number of rotatable bonds is 4. The van der Waals surface area contributed by atoms with Crippen molar-refractivity contribution in [1.82, 2.24) is 9.88 Å². The number of para-hydroxylation sites is 1. The number of benzene rings is 2. The highest BCUT2D eigenvalue weighted by Crippen LogP contribution is 2.33. The predicted octanol–water partition coefficient (Wildman–Crippen LogP) is 3.65. The average Bonchev–Trinajstić information content (AvgIpc) is 3.12. The first-order chi connectivity index (χ1) is 13.4. The van der Waals surface area contributed by atoms with Gasteiger partial charge in [0.25, 0.3) is 0 Å². The Morgan fingerprint density at radius 2 is 1.79 bits per heavy atom. The second-order valence-corrected chi connectivity index (χ2v) is 10.3. The number of fused-ring (bicyclic) bond motifs is 1. The number of nitrogens with zero attached hydrogens (tertiary/aromatic N) is 2. The molecule has 0 unspecified atom stereocenters. The molecule has 2 heterocycles. The maximum Gasteiger partial charge on any atom is 0.226 e. The molecular formula is C21H22N2O3S2. The Labute approximate surface area is 168 Å². The summed E-state index contributed by atoms with van der Waals surface area (Å²) in [5, 5.41) is 1.17. The van der Waals surface area contributed by atoms with Crippen LogP contribution in [0.1, 0.15) is 29.3 Å². The molecule has 1 amide bonds. The minimum absolute atomic E-state index is 0.0925. The summed E-state index contributed by atoms with van der Waals surface area (Å²) in [5.74, 6) is 0.505. The molecule has 0 bridgehead atoms. The molecule has 5 nitrogen and oxygen atoms in total. The average molecular weight is 415 g/mol. The molecule has 146 valence electrons. The van der Waals surface area contributed by atoms with Gasteiger partial charge in [-0.3, -0.25) is 4.79 Å². The summed E-state index contributed by atoms with van der Waals surface area (Å²) in [6.07, 6.45) is 3.34. The van der Waals surface area contributed by atoms with Gasteiger partial charge >= 0.3 is 0 Å². The quantitative estimate of drug-likeness (QED) is 0.654. The third kappa shape index (κ3) is 4.10. The third-order valence-corrected chi connectivity index (χ3v) is 7.54. The summed E-state index contributed by atoms with van der Waals surface area (Å²) < 4.78 is 24.3. The smallest absolute Gasteiger partial charge is 0.226 e. The Morgan fingerprint density at radius 3 is 2.43 bits per heavy atom. The molecule has 1 aliphatic rings. The number of piperidine rings is 1. The Morgan fingerprint density at radius 1 is 1.11 bits per heavy atom. The van der Waals surface area contributed by atoms with E-state index in [-0.39, 0.29) is 10.8 Å². The summed E-state index contributed by atoms with van der Waals surface area (Å²) in [4.78, 5) is 19.6. The van der Waals surface area contributed by atoms with Gasteiger partial charge in [0.15, 0.2) is 9.84 Å². The third-order valence-electron chi connectivity index (χ3n) is 5.21. The van der Waals surface area contributed by atoms with E-state index in [9.17, 15) is 13.2 Å². The summed E-state index contributed by atoms with van der Waals surface area (Å²) >= 11 is 1.76. The van der Waals surface area contributed by atoms with Crippen LogP contribution in [-0.4, -0.2) is 43.6 Å². The lowest BCUT2D eigenvalue weighted by Gasteiger charge is -2.31. The molecule has 0 spiro atoms. The topological polar surface area (TPSA) is 67.3 Å². The second kappa shape index (κ2) is 7.64. The van der Waals surface area contributed by atoms with Crippen LogP contribution in [0.2, 0.25) is 0 Å². The van der Waals surface area contributed by atoms with Crippen molar-refractivity contribution in [1.29, 1.82) is 0 Å². The van der Waals surface area contributed by atoms with Crippen LogP contribution in [0.4, 0.5) is 0 Å². The van der Waals surface area contributed by atoms with Crippen molar-refractivity contribution >= 4 is 37.3 Å². The number of thiazole rings is 1. The van der Waals surface area contributed by atoms with Crippen molar-refractivity contribution in [2.24, 2.45) is 0 Å². The number of carbonyl (C=O) groups excluding carboxylic acids is 1. The molecule has 1 aliphatic heterocycles. The maximum absolute atomic E-state index is 12.6. The largest absolute Gasteiger partial charge is 0.342 e. The highest BCUT2D eigenvalue weighted by Gasteiger charge is 2.26. The minimum Gasteiger partial charge on any atom is -0.342 e. The normalized spacial score (nSPS) is 15.8. The highest BCUT2D eigenvalue weighted by molar-refractivity contribution is 7.90. The van der Waals surface area contributed by atoms with Gasteiger partial charge in [0.1, 0.15) is 0 Å². The number of hydrogen-bond donors (Lipinski definition) is 0. The Kier molecular flexibility index (Phi) is 5.21. The fourth-order valence-corrected chi connectivity index (χ4v) is 5.35. The number of aromatic nitrogens is 1. The van der Waals surface area contributed by atoms with Gasteiger partial charge in [-0.2, -0.15) is 0 Å². The van der Waals surface area contributed by atoms with Crippen molar-refractivity contribution < 1.29 is 13.2 Å². The zero-order valence-corrected chi connectivity index (χ0v) is 17.3. The zero-order chi connectivity index (χ0) is 19.7. The molecule has 0 radical (unpaired) electrons. The van der Waals surface area contributed by atoms with E-state index in [0.29, 0.717) is 12.3 Å². The molecule has 0 aliphatic carbocycles. The lowest BCUT2D eigenvalue weighted by Crippen LogP contribution is -2.38. The van der Waals surface area contributed by atoms with Crippen molar-refractivity contribution in [3.05, 3.63) is 59.1 Å². The van der Waals surface area contributed by atoms with Gasteiger partial charge in [0.2, 0.25) is 5.91 Å². The van der Waals surface area contributed by atoms with Crippen molar-refractivity contribution in [3.63, 3.8) is 0 Å². The molecule has 1 fully saturated rings. The molecule has 3 aromatic rings. The van der Waals surface area contributed by atoms with Gasteiger partial charge in [-0.15, -0.1) is 11.3 Å². The van der Waals surface area contributed by atoms with Gasteiger partial charge in [-0.1, -0.05) is 24.3 Å². The molecular weight excluding hydrogens is 392 g/mol. The Hall–Kier alpha value is -2.25. The van der Waals surface area contributed by atoms with Crippen molar-refractivity contribution in [2.45, 2.75) is 30.1 Å². The van der Waals surface area contributed by atoms with Crippen molar-refractivity contribution in [2.75, 3.05) is 19.3 Å². The van der Waals surface area contributed by atoms with E-state index in [4.69, 9.17) is 4.98 Å². The minimum atomic E-state index is -3.21. The number of likely N-dealkylation sites (tertiary alicyclic amines) is 1. The van der Waals surface area contributed by atoms with E-state index in [0.717, 1.165) is 37.0 Å². The van der Waals surface area contributed by atoms with Gasteiger partial charge in [0, 0.05) is 25.3 Å².